The van der Waals surface area contributed by atoms with Crippen molar-refractivity contribution in [3.8, 4) is 0 Å². The Kier molecular flexibility index (Phi) is 6.24. The number of halogens is 2. The van der Waals surface area contributed by atoms with Gasteiger partial charge < -0.3 is 10.1 Å². The molecule has 108 valence electrons. The van der Waals surface area contributed by atoms with Crippen molar-refractivity contribution in [1.29, 1.82) is 0 Å². The first-order chi connectivity index (χ1) is 8.88. The highest BCUT2D eigenvalue weighted by Gasteiger charge is 2.23. The van der Waals surface area contributed by atoms with Crippen LogP contribution >= 0.6 is 11.6 Å². The van der Waals surface area contributed by atoms with Crippen molar-refractivity contribution in [2.24, 2.45) is 0 Å². The molecule has 1 rings (SSSR count). The van der Waals surface area contributed by atoms with Gasteiger partial charge >= 0.3 is 0 Å². The van der Waals surface area contributed by atoms with E-state index in [0.29, 0.717) is 11.4 Å². The largest absolute Gasteiger partial charge is 0.379 e. The highest BCUT2D eigenvalue weighted by Crippen LogP contribution is 2.23. The number of ether oxygens (including phenoxy) is 1. The molecule has 0 aliphatic rings. The Hall–Kier alpha value is -0.640. The molecular weight excluding hydrogens is 265 g/mol. The summed E-state index contributed by atoms with van der Waals surface area (Å²) in [6.07, 6.45) is 1.53. The molecule has 1 unspecified atom stereocenters. The zero-order valence-corrected chi connectivity index (χ0v) is 12.9. The minimum absolute atomic E-state index is 0.208. The van der Waals surface area contributed by atoms with Gasteiger partial charge in [0.25, 0.3) is 0 Å². The summed E-state index contributed by atoms with van der Waals surface area (Å²) in [4.78, 5) is 0. The zero-order valence-electron chi connectivity index (χ0n) is 12.1. The molecule has 1 N–H and O–H groups in total. The zero-order chi connectivity index (χ0) is 14.5. The SMILES string of the molecule is CCNC(Cc1cc(F)ccc1Cl)CC(C)(C)OC. The van der Waals surface area contributed by atoms with Gasteiger partial charge in [-0.1, -0.05) is 18.5 Å². The third kappa shape index (κ3) is 5.47. The van der Waals surface area contributed by atoms with Crippen molar-refractivity contribution < 1.29 is 9.13 Å². The smallest absolute Gasteiger partial charge is 0.123 e. The van der Waals surface area contributed by atoms with Crippen LogP contribution in [0.3, 0.4) is 0 Å². The summed E-state index contributed by atoms with van der Waals surface area (Å²) in [5.74, 6) is -0.249. The summed E-state index contributed by atoms with van der Waals surface area (Å²) in [6, 6.07) is 4.70. The molecule has 1 aromatic carbocycles. The summed E-state index contributed by atoms with van der Waals surface area (Å²) < 4.78 is 18.7. The molecule has 2 nitrogen and oxygen atoms in total. The van der Waals surface area contributed by atoms with Crippen LogP contribution in [-0.2, 0) is 11.2 Å². The summed E-state index contributed by atoms with van der Waals surface area (Å²) >= 11 is 6.12. The minimum atomic E-state index is -0.249. The van der Waals surface area contributed by atoms with Crippen LogP contribution in [0.4, 0.5) is 4.39 Å². The van der Waals surface area contributed by atoms with E-state index in [-0.39, 0.29) is 17.5 Å². The molecule has 0 heterocycles. The number of methoxy groups -OCH3 is 1. The van der Waals surface area contributed by atoms with Gasteiger partial charge in [0.2, 0.25) is 0 Å². The van der Waals surface area contributed by atoms with E-state index in [2.05, 4.69) is 12.2 Å². The maximum Gasteiger partial charge on any atom is 0.123 e. The first kappa shape index (κ1) is 16.4. The highest BCUT2D eigenvalue weighted by molar-refractivity contribution is 6.31. The molecule has 1 atom stereocenters. The Balaban J connectivity index is 2.80. The Morgan fingerprint density at radius 3 is 2.68 bits per heavy atom. The van der Waals surface area contributed by atoms with Crippen molar-refractivity contribution in [1.82, 2.24) is 5.32 Å². The van der Waals surface area contributed by atoms with E-state index in [1.807, 2.05) is 13.8 Å². The standard InChI is InChI=1S/C15H23ClFNO/c1-5-18-13(10-15(2,3)19-4)9-11-8-12(17)6-7-14(11)16/h6-8,13,18H,5,9-10H2,1-4H3. The molecule has 0 fully saturated rings. The van der Waals surface area contributed by atoms with Crippen LogP contribution in [0.25, 0.3) is 0 Å². The third-order valence-electron chi connectivity index (χ3n) is 3.26. The molecule has 1 aromatic rings. The predicted molar refractivity (Wildman–Crippen MR) is 78.3 cm³/mol. The average Bonchev–Trinajstić information content (AvgIpc) is 2.34. The van der Waals surface area contributed by atoms with Gasteiger partial charge in [-0.3, -0.25) is 0 Å². The fraction of sp³-hybridized carbons (Fsp3) is 0.600. The number of likely N-dealkylation sites (N-methyl/N-ethyl adjacent to an activating group) is 1. The Morgan fingerprint density at radius 1 is 1.42 bits per heavy atom. The Morgan fingerprint density at radius 2 is 2.11 bits per heavy atom. The van der Waals surface area contributed by atoms with Gasteiger partial charge in [0.1, 0.15) is 5.82 Å². The number of nitrogens with one attached hydrogen (secondary N) is 1. The fourth-order valence-electron chi connectivity index (χ4n) is 2.15. The molecule has 19 heavy (non-hydrogen) atoms. The number of benzene rings is 1. The Bertz CT molecular complexity index is 409. The van der Waals surface area contributed by atoms with Crippen LogP contribution in [0.1, 0.15) is 32.8 Å². The van der Waals surface area contributed by atoms with Crippen LogP contribution in [0.15, 0.2) is 18.2 Å². The van der Waals surface area contributed by atoms with Crippen molar-refractivity contribution in [2.45, 2.75) is 45.3 Å². The lowest BCUT2D eigenvalue weighted by atomic mass is 9.94. The first-order valence-corrected chi connectivity index (χ1v) is 6.98. The lowest BCUT2D eigenvalue weighted by Gasteiger charge is -2.29. The molecule has 0 saturated carbocycles. The number of hydrogen-bond acceptors (Lipinski definition) is 2. The maximum atomic E-state index is 13.3. The van der Waals surface area contributed by atoms with E-state index in [1.54, 1.807) is 13.2 Å². The average molecular weight is 288 g/mol. The van der Waals surface area contributed by atoms with Crippen molar-refractivity contribution >= 4 is 11.6 Å². The van der Waals surface area contributed by atoms with E-state index in [9.17, 15) is 4.39 Å². The molecule has 0 aliphatic heterocycles. The van der Waals surface area contributed by atoms with E-state index >= 15 is 0 Å². The van der Waals surface area contributed by atoms with Gasteiger partial charge in [0, 0.05) is 18.2 Å². The number of hydrogen-bond donors (Lipinski definition) is 1. The summed E-state index contributed by atoms with van der Waals surface area (Å²) in [7, 11) is 1.71. The summed E-state index contributed by atoms with van der Waals surface area (Å²) in [6.45, 7) is 7.01. The van der Waals surface area contributed by atoms with Crippen LogP contribution in [0.5, 0.6) is 0 Å². The Labute approximate surface area is 120 Å². The second-order valence-electron chi connectivity index (χ2n) is 5.36. The van der Waals surface area contributed by atoms with E-state index < -0.39 is 0 Å². The van der Waals surface area contributed by atoms with Crippen molar-refractivity contribution in [3.63, 3.8) is 0 Å². The number of rotatable bonds is 7. The second-order valence-corrected chi connectivity index (χ2v) is 5.77. The summed E-state index contributed by atoms with van der Waals surface area (Å²) in [5.41, 5.74) is 0.617. The quantitative estimate of drug-likeness (QED) is 0.823. The van der Waals surface area contributed by atoms with E-state index in [4.69, 9.17) is 16.3 Å². The monoisotopic (exact) mass is 287 g/mol. The highest BCUT2D eigenvalue weighted by atomic mass is 35.5. The third-order valence-corrected chi connectivity index (χ3v) is 3.63. The van der Waals surface area contributed by atoms with Crippen LogP contribution < -0.4 is 5.32 Å². The molecule has 0 aromatic heterocycles. The van der Waals surface area contributed by atoms with Crippen molar-refractivity contribution in [2.75, 3.05) is 13.7 Å². The molecule has 0 aliphatic carbocycles. The van der Waals surface area contributed by atoms with Crippen LogP contribution in [0, 0.1) is 5.82 Å². The first-order valence-electron chi connectivity index (χ1n) is 6.60. The molecule has 0 spiro atoms. The lowest BCUT2D eigenvalue weighted by Crippen LogP contribution is -2.39. The van der Waals surface area contributed by atoms with Gasteiger partial charge in [-0.2, -0.15) is 0 Å². The normalized spacial score (nSPS) is 13.6. The van der Waals surface area contributed by atoms with Crippen LogP contribution in [0.2, 0.25) is 5.02 Å². The minimum Gasteiger partial charge on any atom is -0.379 e. The lowest BCUT2D eigenvalue weighted by molar-refractivity contribution is 0.00726. The molecule has 0 saturated heterocycles. The van der Waals surface area contributed by atoms with Crippen molar-refractivity contribution in [3.05, 3.63) is 34.6 Å². The summed E-state index contributed by atoms with van der Waals surface area (Å²) in [5, 5.41) is 4.02. The maximum absolute atomic E-state index is 13.3. The van der Waals surface area contributed by atoms with Gasteiger partial charge in [-0.05, 0) is 57.0 Å². The van der Waals surface area contributed by atoms with Gasteiger partial charge in [-0.15, -0.1) is 0 Å². The van der Waals surface area contributed by atoms with Crippen LogP contribution in [-0.4, -0.2) is 25.3 Å². The molecule has 0 radical (unpaired) electrons. The molecular formula is C15H23ClFNO. The second kappa shape index (κ2) is 7.22. The topological polar surface area (TPSA) is 21.3 Å². The fourth-order valence-corrected chi connectivity index (χ4v) is 2.34. The van der Waals surface area contributed by atoms with E-state index in [1.165, 1.54) is 12.1 Å². The molecule has 0 amide bonds. The van der Waals surface area contributed by atoms with Gasteiger partial charge in [0.15, 0.2) is 0 Å². The van der Waals surface area contributed by atoms with Gasteiger partial charge in [0.05, 0.1) is 5.60 Å². The molecule has 0 bridgehead atoms. The van der Waals surface area contributed by atoms with Gasteiger partial charge in [-0.25, -0.2) is 4.39 Å². The molecule has 4 heteroatoms. The predicted octanol–water partition coefficient (Wildman–Crippen LogP) is 3.81. The van der Waals surface area contributed by atoms with E-state index in [0.717, 1.165) is 18.5 Å².